The van der Waals surface area contributed by atoms with Gasteiger partial charge >= 0.3 is 0 Å². The Morgan fingerprint density at radius 3 is 2.54 bits per heavy atom. The Hall–Kier alpha value is -2.77. The summed E-state index contributed by atoms with van der Waals surface area (Å²) in [6, 6.07) is 6.49. The van der Waals surface area contributed by atoms with E-state index in [0.717, 1.165) is 43.4 Å². The van der Waals surface area contributed by atoms with Gasteiger partial charge in [0.15, 0.2) is 11.6 Å². The van der Waals surface area contributed by atoms with E-state index in [4.69, 9.17) is 0 Å². The van der Waals surface area contributed by atoms with Crippen molar-refractivity contribution in [3.63, 3.8) is 0 Å². The molecule has 2 aliphatic rings. The van der Waals surface area contributed by atoms with Gasteiger partial charge in [-0.15, -0.1) is 15.3 Å². The van der Waals surface area contributed by atoms with E-state index < -0.39 is 0 Å². The van der Waals surface area contributed by atoms with Gasteiger partial charge in [0.05, 0.1) is 0 Å². The van der Waals surface area contributed by atoms with E-state index >= 15 is 0 Å². The summed E-state index contributed by atoms with van der Waals surface area (Å²) in [6.45, 7) is 2.65. The third-order valence-electron chi connectivity index (χ3n) is 5.31. The summed E-state index contributed by atoms with van der Waals surface area (Å²) in [4.78, 5) is 2.31. The zero-order chi connectivity index (χ0) is 17.3. The van der Waals surface area contributed by atoms with Crippen molar-refractivity contribution in [3.05, 3.63) is 48.4 Å². The molecule has 1 saturated heterocycles. The van der Waals surface area contributed by atoms with Crippen molar-refractivity contribution in [2.75, 3.05) is 18.0 Å². The fraction of sp³-hybridized carbons (Fsp3) is 0.500. The second-order valence-corrected chi connectivity index (χ2v) is 7.12. The molecule has 1 saturated carbocycles. The predicted molar refractivity (Wildman–Crippen MR) is 95.8 cm³/mol. The van der Waals surface area contributed by atoms with Gasteiger partial charge in [-0.1, -0.05) is 0 Å². The van der Waals surface area contributed by atoms with Crippen molar-refractivity contribution in [2.24, 2.45) is 0 Å². The lowest BCUT2D eigenvalue weighted by molar-refractivity contribution is 0.458. The van der Waals surface area contributed by atoms with Crippen molar-refractivity contribution in [1.82, 2.24) is 34.7 Å². The average molecular weight is 350 g/mol. The maximum atomic E-state index is 4.60. The molecule has 8 heteroatoms. The molecular weight excluding hydrogens is 328 g/mol. The molecule has 4 heterocycles. The first kappa shape index (κ1) is 15.5. The van der Waals surface area contributed by atoms with E-state index in [0.29, 0.717) is 18.5 Å². The summed E-state index contributed by atoms with van der Waals surface area (Å²) in [7, 11) is 0. The average Bonchev–Trinajstić information content (AvgIpc) is 3.24. The van der Waals surface area contributed by atoms with E-state index in [9.17, 15) is 0 Å². The molecule has 0 bridgehead atoms. The second-order valence-electron chi connectivity index (χ2n) is 7.12. The highest BCUT2D eigenvalue weighted by Gasteiger charge is 2.33. The fourth-order valence-electron chi connectivity index (χ4n) is 3.82. The van der Waals surface area contributed by atoms with Gasteiger partial charge in [-0.25, -0.2) is 0 Å². The maximum absolute atomic E-state index is 4.60. The van der Waals surface area contributed by atoms with Crippen LogP contribution in [0.3, 0.4) is 0 Å². The topological polar surface area (TPSA) is 77.6 Å². The Kier molecular flexibility index (Phi) is 3.88. The molecule has 8 nitrogen and oxygen atoms in total. The van der Waals surface area contributed by atoms with Crippen LogP contribution in [-0.4, -0.2) is 47.8 Å². The first-order chi connectivity index (χ1) is 12.9. The van der Waals surface area contributed by atoms with E-state index in [-0.39, 0.29) is 0 Å². The van der Waals surface area contributed by atoms with Crippen LogP contribution in [-0.2, 0) is 6.54 Å². The summed E-state index contributed by atoms with van der Waals surface area (Å²) in [6.07, 6.45) is 10.1. The molecule has 5 rings (SSSR count). The Morgan fingerprint density at radius 2 is 1.85 bits per heavy atom. The van der Waals surface area contributed by atoms with Gasteiger partial charge in [0.2, 0.25) is 0 Å². The van der Waals surface area contributed by atoms with E-state index in [1.165, 1.54) is 12.8 Å². The van der Waals surface area contributed by atoms with Gasteiger partial charge in [-0.3, -0.25) is 4.68 Å². The molecular formula is C18H22N8. The predicted octanol–water partition coefficient (Wildman–Crippen LogP) is 2.03. The lowest BCUT2D eigenvalue weighted by Crippen LogP contribution is -2.34. The number of hydrogen-bond donors (Lipinski definition) is 0. The highest BCUT2D eigenvalue weighted by Crippen LogP contribution is 2.40. The first-order valence-electron chi connectivity index (χ1n) is 9.32. The molecule has 0 spiro atoms. The Balaban J connectivity index is 1.33. The van der Waals surface area contributed by atoms with Crippen molar-refractivity contribution in [2.45, 2.75) is 44.2 Å². The minimum atomic E-state index is 0.461. The number of aromatic nitrogens is 7. The Labute approximate surface area is 151 Å². The Morgan fingerprint density at radius 1 is 0.962 bits per heavy atom. The summed E-state index contributed by atoms with van der Waals surface area (Å²) in [5.74, 6) is 3.62. The number of nitrogens with zero attached hydrogens (tertiary/aromatic N) is 8. The Bertz CT molecular complexity index is 845. The van der Waals surface area contributed by atoms with E-state index in [1.807, 2.05) is 29.1 Å². The van der Waals surface area contributed by atoms with Crippen molar-refractivity contribution in [3.8, 4) is 0 Å². The molecule has 0 atom stereocenters. The molecule has 26 heavy (non-hydrogen) atoms. The van der Waals surface area contributed by atoms with E-state index in [1.54, 1.807) is 12.4 Å². The highest BCUT2D eigenvalue weighted by molar-refractivity contribution is 5.37. The van der Waals surface area contributed by atoms with Crippen molar-refractivity contribution < 1.29 is 0 Å². The third-order valence-corrected chi connectivity index (χ3v) is 5.31. The number of hydrogen-bond acceptors (Lipinski definition) is 6. The number of piperidine rings is 1. The monoisotopic (exact) mass is 350 g/mol. The molecule has 0 amide bonds. The maximum Gasteiger partial charge on any atom is 0.155 e. The zero-order valence-corrected chi connectivity index (χ0v) is 14.6. The molecule has 3 aromatic rings. The minimum Gasteiger partial charge on any atom is -0.355 e. The minimum absolute atomic E-state index is 0.461. The number of rotatable bonds is 5. The molecule has 3 aromatic heterocycles. The second kappa shape index (κ2) is 6.51. The molecule has 2 fully saturated rings. The van der Waals surface area contributed by atoms with Gasteiger partial charge in [0.25, 0.3) is 0 Å². The summed E-state index contributed by atoms with van der Waals surface area (Å²) >= 11 is 0. The quantitative estimate of drug-likeness (QED) is 0.701. The molecule has 0 unspecified atom stereocenters. The largest absolute Gasteiger partial charge is 0.355 e. The van der Waals surface area contributed by atoms with E-state index in [2.05, 4.69) is 35.0 Å². The van der Waals surface area contributed by atoms with Crippen LogP contribution in [0.5, 0.6) is 0 Å². The molecule has 1 aliphatic heterocycles. The summed E-state index contributed by atoms with van der Waals surface area (Å²) < 4.78 is 4.31. The van der Waals surface area contributed by atoms with Gasteiger partial charge < -0.3 is 9.47 Å². The normalized spacial score (nSPS) is 18.4. The first-order valence-corrected chi connectivity index (χ1v) is 9.32. The van der Waals surface area contributed by atoms with Crippen LogP contribution in [0.1, 0.15) is 49.3 Å². The van der Waals surface area contributed by atoms with Crippen LogP contribution in [0.4, 0.5) is 5.82 Å². The lowest BCUT2D eigenvalue weighted by atomic mass is 9.96. The molecule has 0 aromatic carbocycles. The van der Waals surface area contributed by atoms with Gasteiger partial charge in [0.1, 0.15) is 12.4 Å². The molecule has 0 radical (unpaired) electrons. The summed E-state index contributed by atoms with van der Waals surface area (Å²) in [5, 5.41) is 21.7. The number of anilines is 1. The molecule has 1 aliphatic carbocycles. The summed E-state index contributed by atoms with van der Waals surface area (Å²) in [5.41, 5.74) is 0. The van der Waals surface area contributed by atoms with Crippen LogP contribution < -0.4 is 4.90 Å². The van der Waals surface area contributed by atoms with Crippen LogP contribution in [0, 0.1) is 0 Å². The van der Waals surface area contributed by atoms with Crippen LogP contribution in [0.15, 0.2) is 36.8 Å². The van der Waals surface area contributed by atoms with Crippen molar-refractivity contribution in [1.29, 1.82) is 0 Å². The van der Waals surface area contributed by atoms with Crippen LogP contribution in [0.2, 0.25) is 0 Å². The highest BCUT2D eigenvalue weighted by atomic mass is 15.3. The third kappa shape index (κ3) is 2.95. The van der Waals surface area contributed by atoms with Crippen molar-refractivity contribution >= 4 is 5.82 Å². The van der Waals surface area contributed by atoms with Crippen LogP contribution >= 0.6 is 0 Å². The zero-order valence-electron chi connectivity index (χ0n) is 14.6. The van der Waals surface area contributed by atoms with Gasteiger partial charge in [0, 0.05) is 43.6 Å². The van der Waals surface area contributed by atoms with Gasteiger partial charge in [-0.2, -0.15) is 10.2 Å². The lowest BCUT2D eigenvalue weighted by Gasteiger charge is -2.32. The molecule has 0 N–H and O–H groups in total. The SMILES string of the molecule is c1cnnc(N2CCC(c3nnc(Cn4cccn4)n3C3CC3)CC2)c1. The standard InChI is InChI=1S/C18H22N8/c1-3-16(21-19-8-1)24-11-6-14(7-12-24)18-23-22-17(26(18)15-4-5-15)13-25-10-2-9-20-25/h1-3,8-10,14-15H,4-7,11-13H2. The van der Waals surface area contributed by atoms with Gasteiger partial charge in [-0.05, 0) is 43.9 Å². The molecule has 134 valence electrons. The smallest absolute Gasteiger partial charge is 0.155 e. The fourth-order valence-corrected chi connectivity index (χ4v) is 3.82. The van der Waals surface area contributed by atoms with Crippen LogP contribution in [0.25, 0.3) is 0 Å².